The lowest BCUT2D eigenvalue weighted by atomic mass is 10.0. The number of benzene rings is 1. The zero-order valence-corrected chi connectivity index (χ0v) is 12.3. The van der Waals surface area contributed by atoms with Crippen molar-refractivity contribution in [3.05, 3.63) is 28.8 Å². The lowest BCUT2D eigenvalue weighted by Gasteiger charge is -2.08. The molecule has 1 aliphatic rings. The molecule has 18 heavy (non-hydrogen) atoms. The minimum Gasteiger partial charge on any atom is -0.506 e. The number of phenolic OH excluding ortho intramolecular Hbond substituents is 1. The van der Waals surface area contributed by atoms with Crippen molar-refractivity contribution in [3.63, 3.8) is 0 Å². The van der Waals surface area contributed by atoms with Crippen LogP contribution in [-0.2, 0) is 6.54 Å². The summed E-state index contributed by atoms with van der Waals surface area (Å²) >= 11 is 5.88. The van der Waals surface area contributed by atoms with Crippen molar-refractivity contribution in [2.75, 3.05) is 6.54 Å². The predicted molar refractivity (Wildman–Crippen MR) is 75.9 cm³/mol. The summed E-state index contributed by atoms with van der Waals surface area (Å²) in [4.78, 5) is 0. The third-order valence-corrected chi connectivity index (χ3v) is 5.36. The van der Waals surface area contributed by atoms with Gasteiger partial charge in [0.2, 0.25) is 0 Å². The zero-order chi connectivity index (χ0) is 13.6. The van der Waals surface area contributed by atoms with E-state index in [2.05, 4.69) is 33.0 Å². The second-order valence-electron chi connectivity index (χ2n) is 6.37. The predicted octanol–water partition coefficient (Wildman–Crippen LogP) is 3.82. The van der Waals surface area contributed by atoms with Crippen LogP contribution in [-0.4, -0.2) is 11.7 Å². The fourth-order valence-corrected chi connectivity index (χ4v) is 3.09. The Balaban J connectivity index is 1.89. The monoisotopic (exact) mass is 267 g/mol. The molecular formula is C15H22ClNO. The minimum absolute atomic E-state index is 0.195. The Kier molecular flexibility index (Phi) is 3.37. The SMILES string of the molecule is CC1(C)C(CNCc2cccc(Cl)c2O)C1(C)C. The van der Waals surface area contributed by atoms with Crippen LogP contribution in [0.3, 0.4) is 0 Å². The van der Waals surface area contributed by atoms with E-state index < -0.39 is 0 Å². The molecule has 0 bridgehead atoms. The Bertz CT molecular complexity index is 440. The first-order valence-electron chi connectivity index (χ1n) is 6.45. The summed E-state index contributed by atoms with van der Waals surface area (Å²) in [6.07, 6.45) is 0. The van der Waals surface area contributed by atoms with E-state index in [1.54, 1.807) is 6.07 Å². The van der Waals surface area contributed by atoms with Gasteiger partial charge in [-0.05, 0) is 29.4 Å². The number of rotatable bonds is 4. The molecule has 0 unspecified atom stereocenters. The van der Waals surface area contributed by atoms with Gasteiger partial charge in [-0.3, -0.25) is 0 Å². The highest BCUT2D eigenvalue weighted by atomic mass is 35.5. The van der Waals surface area contributed by atoms with Gasteiger partial charge in [-0.15, -0.1) is 0 Å². The van der Waals surface area contributed by atoms with Crippen molar-refractivity contribution < 1.29 is 5.11 Å². The average molecular weight is 268 g/mol. The Labute approximate surface area is 114 Å². The molecule has 1 saturated carbocycles. The van der Waals surface area contributed by atoms with Crippen LogP contribution in [0.4, 0.5) is 0 Å². The second kappa shape index (κ2) is 4.43. The lowest BCUT2D eigenvalue weighted by Crippen LogP contribution is -2.18. The molecule has 1 aromatic rings. The first kappa shape index (κ1) is 13.7. The van der Waals surface area contributed by atoms with Gasteiger partial charge in [0.25, 0.3) is 0 Å². The molecule has 2 N–H and O–H groups in total. The zero-order valence-electron chi connectivity index (χ0n) is 11.5. The summed E-state index contributed by atoms with van der Waals surface area (Å²) in [5.41, 5.74) is 1.66. The molecule has 0 spiro atoms. The van der Waals surface area contributed by atoms with E-state index in [9.17, 15) is 5.11 Å². The van der Waals surface area contributed by atoms with Crippen LogP contribution in [0.5, 0.6) is 5.75 Å². The van der Waals surface area contributed by atoms with Gasteiger partial charge in [0.05, 0.1) is 5.02 Å². The molecule has 0 atom stereocenters. The van der Waals surface area contributed by atoms with Crippen LogP contribution in [0.2, 0.25) is 5.02 Å². The molecule has 2 rings (SSSR count). The van der Waals surface area contributed by atoms with E-state index in [4.69, 9.17) is 11.6 Å². The standard InChI is InChI=1S/C15H22ClNO/c1-14(2)12(15(14,3)4)9-17-8-10-6-5-7-11(16)13(10)18/h5-7,12,17-18H,8-9H2,1-4H3. The molecule has 3 heteroatoms. The Morgan fingerprint density at radius 1 is 1.22 bits per heavy atom. The van der Waals surface area contributed by atoms with E-state index in [1.807, 2.05) is 12.1 Å². The van der Waals surface area contributed by atoms with Crippen molar-refractivity contribution >= 4 is 11.6 Å². The maximum absolute atomic E-state index is 9.81. The minimum atomic E-state index is 0.195. The third-order valence-electron chi connectivity index (χ3n) is 5.05. The van der Waals surface area contributed by atoms with Gasteiger partial charge in [0.15, 0.2) is 0 Å². The molecular weight excluding hydrogens is 246 g/mol. The van der Waals surface area contributed by atoms with Gasteiger partial charge >= 0.3 is 0 Å². The molecule has 0 aliphatic heterocycles. The van der Waals surface area contributed by atoms with Crippen LogP contribution in [0.15, 0.2) is 18.2 Å². The molecule has 0 amide bonds. The van der Waals surface area contributed by atoms with Gasteiger partial charge in [-0.1, -0.05) is 51.4 Å². The van der Waals surface area contributed by atoms with E-state index in [0.29, 0.717) is 28.3 Å². The number of hydrogen-bond acceptors (Lipinski definition) is 2. The molecule has 0 saturated heterocycles. The summed E-state index contributed by atoms with van der Waals surface area (Å²) in [6, 6.07) is 5.47. The highest BCUT2D eigenvalue weighted by Crippen LogP contribution is 2.67. The number of para-hydroxylation sites is 1. The maximum Gasteiger partial charge on any atom is 0.138 e. The van der Waals surface area contributed by atoms with Crippen LogP contribution in [0.1, 0.15) is 33.3 Å². The summed E-state index contributed by atoms with van der Waals surface area (Å²) in [7, 11) is 0. The Morgan fingerprint density at radius 3 is 2.39 bits per heavy atom. The van der Waals surface area contributed by atoms with Gasteiger partial charge in [-0.25, -0.2) is 0 Å². The van der Waals surface area contributed by atoms with Crippen molar-refractivity contribution in [3.8, 4) is 5.75 Å². The highest BCUT2D eigenvalue weighted by Gasteiger charge is 2.63. The highest BCUT2D eigenvalue weighted by molar-refractivity contribution is 6.32. The van der Waals surface area contributed by atoms with Crippen LogP contribution >= 0.6 is 11.6 Å². The third kappa shape index (κ3) is 2.12. The molecule has 0 radical (unpaired) electrons. The van der Waals surface area contributed by atoms with Gasteiger partial charge in [0.1, 0.15) is 5.75 Å². The molecule has 1 aromatic carbocycles. The van der Waals surface area contributed by atoms with Crippen LogP contribution < -0.4 is 5.32 Å². The second-order valence-corrected chi connectivity index (χ2v) is 6.78. The van der Waals surface area contributed by atoms with E-state index >= 15 is 0 Å². The summed E-state index contributed by atoms with van der Waals surface area (Å²) < 4.78 is 0. The number of aromatic hydroxyl groups is 1. The van der Waals surface area contributed by atoms with Crippen molar-refractivity contribution in [2.24, 2.45) is 16.7 Å². The molecule has 0 aromatic heterocycles. The summed E-state index contributed by atoms with van der Waals surface area (Å²) in [6.45, 7) is 10.9. The number of phenols is 1. The fraction of sp³-hybridized carbons (Fsp3) is 0.600. The van der Waals surface area contributed by atoms with E-state index in [0.717, 1.165) is 12.1 Å². The first-order valence-corrected chi connectivity index (χ1v) is 6.83. The van der Waals surface area contributed by atoms with Crippen molar-refractivity contribution in [1.82, 2.24) is 5.32 Å². The lowest BCUT2D eigenvalue weighted by molar-refractivity contribution is 0.457. The smallest absolute Gasteiger partial charge is 0.138 e. The molecule has 100 valence electrons. The van der Waals surface area contributed by atoms with Crippen LogP contribution in [0.25, 0.3) is 0 Å². The Morgan fingerprint density at radius 2 is 1.83 bits per heavy atom. The molecule has 2 nitrogen and oxygen atoms in total. The number of halogens is 1. The maximum atomic E-state index is 9.81. The summed E-state index contributed by atoms with van der Waals surface area (Å²) in [5, 5.41) is 13.7. The number of nitrogens with one attached hydrogen (secondary N) is 1. The molecule has 1 aliphatic carbocycles. The molecule has 0 heterocycles. The molecule has 1 fully saturated rings. The average Bonchev–Trinajstić information content (AvgIpc) is 2.66. The quantitative estimate of drug-likeness (QED) is 0.869. The summed E-state index contributed by atoms with van der Waals surface area (Å²) in [5.74, 6) is 0.882. The van der Waals surface area contributed by atoms with E-state index in [-0.39, 0.29) is 5.75 Å². The topological polar surface area (TPSA) is 32.3 Å². The first-order chi connectivity index (χ1) is 8.28. The van der Waals surface area contributed by atoms with Gasteiger partial charge in [0, 0.05) is 12.1 Å². The normalized spacial score (nSPS) is 20.9. The van der Waals surface area contributed by atoms with Crippen molar-refractivity contribution in [1.29, 1.82) is 0 Å². The van der Waals surface area contributed by atoms with Gasteiger partial charge < -0.3 is 10.4 Å². The van der Waals surface area contributed by atoms with Crippen molar-refractivity contribution in [2.45, 2.75) is 34.2 Å². The Hall–Kier alpha value is -0.730. The van der Waals surface area contributed by atoms with E-state index in [1.165, 1.54) is 0 Å². The van der Waals surface area contributed by atoms with Crippen LogP contribution in [0, 0.1) is 16.7 Å². The fourth-order valence-electron chi connectivity index (χ4n) is 2.90. The largest absolute Gasteiger partial charge is 0.506 e. The van der Waals surface area contributed by atoms with Gasteiger partial charge in [-0.2, -0.15) is 0 Å². The number of hydrogen-bond donors (Lipinski definition) is 2.